The van der Waals surface area contributed by atoms with Crippen LogP contribution in [0.2, 0.25) is 0 Å². The first kappa shape index (κ1) is 35.9. The van der Waals surface area contributed by atoms with E-state index < -0.39 is 0 Å². The molecule has 57 heavy (non-hydrogen) atoms. The largest absolute Gasteiger partial charge is 0.311 e. The van der Waals surface area contributed by atoms with Gasteiger partial charge in [-0.3, -0.25) is 0 Å². The predicted octanol–water partition coefficient (Wildman–Crippen LogP) is 14.0. The molecule has 0 atom stereocenters. The Balaban J connectivity index is 1.12. The molecule has 0 N–H and O–H groups in total. The van der Waals surface area contributed by atoms with Crippen molar-refractivity contribution < 1.29 is 0 Å². The van der Waals surface area contributed by atoms with Gasteiger partial charge in [0.1, 0.15) is 0 Å². The maximum atomic E-state index is 2.70. The van der Waals surface area contributed by atoms with Crippen molar-refractivity contribution in [3.63, 3.8) is 0 Å². The van der Waals surface area contributed by atoms with Crippen LogP contribution in [-0.4, -0.2) is 6.71 Å². The van der Waals surface area contributed by atoms with Crippen LogP contribution < -0.4 is 26.2 Å². The first-order valence-corrected chi connectivity index (χ1v) is 23.5. The molecule has 0 radical (unpaired) electrons. The molecule has 5 aromatic rings. The van der Waals surface area contributed by atoms with Crippen LogP contribution in [0.4, 0.5) is 34.1 Å². The van der Waals surface area contributed by atoms with E-state index in [-0.39, 0.29) is 6.71 Å². The third-order valence-electron chi connectivity index (χ3n) is 15.6. The van der Waals surface area contributed by atoms with Crippen LogP contribution in [0.1, 0.15) is 174 Å². The summed E-state index contributed by atoms with van der Waals surface area (Å²) >= 11 is 0. The molecule has 6 aliphatic rings. The second kappa shape index (κ2) is 15.5. The predicted molar refractivity (Wildman–Crippen MR) is 244 cm³/mol. The molecule has 0 aromatic heterocycles. The van der Waals surface area contributed by atoms with Crippen LogP contribution in [0.15, 0.2) is 103 Å². The van der Waals surface area contributed by atoms with E-state index in [2.05, 4.69) is 113 Å². The Morgan fingerprint density at radius 3 is 1.07 bits per heavy atom. The number of nitrogens with zero attached hydrogens (tertiary/aromatic N) is 2. The molecule has 0 unspecified atom stereocenters. The van der Waals surface area contributed by atoms with Gasteiger partial charge in [-0.2, -0.15) is 0 Å². The molecule has 2 heterocycles. The second-order valence-corrected chi connectivity index (χ2v) is 19.0. The van der Waals surface area contributed by atoms with Crippen molar-refractivity contribution in [1.82, 2.24) is 0 Å². The molecule has 290 valence electrons. The monoisotopic (exact) mass is 748 g/mol. The molecule has 4 fully saturated rings. The lowest BCUT2D eigenvalue weighted by Gasteiger charge is -2.45. The van der Waals surface area contributed by atoms with Crippen molar-refractivity contribution in [2.75, 3.05) is 9.80 Å². The van der Waals surface area contributed by atoms with Gasteiger partial charge in [-0.1, -0.05) is 132 Å². The molecule has 4 aliphatic carbocycles. The zero-order chi connectivity index (χ0) is 37.7. The maximum absolute atomic E-state index is 2.70. The quantitative estimate of drug-likeness (QED) is 0.156. The minimum atomic E-state index is 0.192. The zero-order valence-electron chi connectivity index (χ0n) is 34.2. The molecule has 3 heteroatoms. The van der Waals surface area contributed by atoms with Crippen molar-refractivity contribution in [1.29, 1.82) is 0 Å². The van der Waals surface area contributed by atoms with Crippen LogP contribution in [0.3, 0.4) is 0 Å². The summed E-state index contributed by atoms with van der Waals surface area (Å²) in [6.07, 6.45) is 27.0. The fraction of sp³-hybridized carbons (Fsp3) is 0.444. The fourth-order valence-corrected chi connectivity index (χ4v) is 12.6. The van der Waals surface area contributed by atoms with E-state index >= 15 is 0 Å². The molecule has 2 aliphatic heterocycles. The highest BCUT2D eigenvalue weighted by molar-refractivity contribution is 7.00. The van der Waals surface area contributed by atoms with Crippen molar-refractivity contribution in [2.45, 2.75) is 152 Å². The van der Waals surface area contributed by atoms with Crippen LogP contribution in [-0.2, 0) is 0 Å². The summed E-state index contributed by atoms with van der Waals surface area (Å²) in [7, 11) is 0. The van der Waals surface area contributed by atoms with Crippen LogP contribution in [0.25, 0.3) is 0 Å². The lowest BCUT2D eigenvalue weighted by molar-refractivity contribution is 0.443. The maximum Gasteiger partial charge on any atom is 0.252 e. The van der Waals surface area contributed by atoms with Gasteiger partial charge in [-0.25, -0.2) is 0 Å². The van der Waals surface area contributed by atoms with Gasteiger partial charge in [-0.05, 0) is 162 Å². The van der Waals surface area contributed by atoms with Gasteiger partial charge in [-0.15, -0.1) is 0 Å². The van der Waals surface area contributed by atoms with Gasteiger partial charge >= 0.3 is 0 Å². The first-order chi connectivity index (χ1) is 28.3. The summed E-state index contributed by atoms with van der Waals surface area (Å²) in [6, 6.07) is 42.3. The Morgan fingerprint density at radius 2 is 0.684 bits per heavy atom. The summed E-state index contributed by atoms with van der Waals surface area (Å²) < 4.78 is 0. The number of rotatable bonds is 6. The minimum Gasteiger partial charge on any atom is -0.311 e. The molecule has 2 nitrogen and oxygen atoms in total. The Hall–Kier alpha value is -4.24. The van der Waals surface area contributed by atoms with Gasteiger partial charge in [0.15, 0.2) is 0 Å². The van der Waals surface area contributed by atoms with E-state index in [1.807, 2.05) is 0 Å². The van der Waals surface area contributed by atoms with Crippen molar-refractivity contribution >= 4 is 57.2 Å². The molecule has 0 bridgehead atoms. The lowest BCUT2D eigenvalue weighted by atomic mass is 9.33. The molecule has 5 aromatic carbocycles. The fourth-order valence-electron chi connectivity index (χ4n) is 12.6. The SMILES string of the molecule is c1cc(C2CCCCC2)cc(N2c3cc(C4CCCCC4)ccc3B3c4ccc(C5CCCCC5)cc4N(c4cccc(C5CCCCC5)c4)c4cccc2c43)c1. The number of anilines is 6. The Morgan fingerprint density at radius 1 is 0.333 bits per heavy atom. The molecular weight excluding hydrogens is 687 g/mol. The molecule has 0 saturated heterocycles. The van der Waals surface area contributed by atoms with Crippen molar-refractivity contribution in [2.24, 2.45) is 0 Å². The summed E-state index contributed by atoms with van der Waals surface area (Å²) in [5.74, 6) is 2.67. The van der Waals surface area contributed by atoms with Crippen LogP contribution in [0.5, 0.6) is 0 Å². The van der Waals surface area contributed by atoms with E-state index in [0.29, 0.717) is 23.7 Å². The average molecular weight is 749 g/mol. The Bertz CT molecular complexity index is 2080. The standard InChI is InChI=1S/C54H61BN2/c1-5-16-38(17-6-1)42-24-13-26-46(34-42)56-50-28-15-29-51-54(50)55(48-32-30-44(36-52(48)56)40-20-9-3-10-21-40)49-33-31-45(41-22-11-4-12-23-41)37-53(49)57(51)47-27-14-25-43(35-47)39-18-7-2-8-19-39/h13-15,24-41H,1-12,16-23H2. The summed E-state index contributed by atoms with van der Waals surface area (Å²) in [5.41, 5.74) is 18.8. The molecule has 0 spiro atoms. The van der Waals surface area contributed by atoms with Gasteiger partial charge in [0.2, 0.25) is 0 Å². The van der Waals surface area contributed by atoms with Crippen molar-refractivity contribution in [3.05, 3.63) is 125 Å². The van der Waals surface area contributed by atoms with E-state index in [1.54, 1.807) is 11.1 Å². The van der Waals surface area contributed by atoms with Gasteiger partial charge < -0.3 is 9.80 Å². The molecule has 0 amide bonds. The second-order valence-electron chi connectivity index (χ2n) is 19.0. The first-order valence-electron chi connectivity index (χ1n) is 23.5. The van der Waals surface area contributed by atoms with Gasteiger partial charge in [0, 0.05) is 34.1 Å². The zero-order valence-corrected chi connectivity index (χ0v) is 34.2. The molecular formula is C54H61BN2. The third kappa shape index (κ3) is 6.56. The Labute approximate surface area is 343 Å². The van der Waals surface area contributed by atoms with E-state index in [1.165, 1.54) is 190 Å². The average Bonchev–Trinajstić information content (AvgIpc) is 3.30. The molecule has 4 saturated carbocycles. The van der Waals surface area contributed by atoms with Crippen LogP contribution >= 0.6 is 0 Å². The highest BCUT2D eigenvalue weighted by Crippen LogP contribution is 2.47. The van der Waals surface area contributed by atoms with Crippen molar-refractivity contribution in [3.8, 4) is 0 Å². The summed E-state index contributed by atoms with van der Waals surface area (Å²) in [5, 5.41) is 0. The molecule has 11 rings (SSSR count). The third-order valence-corrected chi connectivity index (χ3v) is 15.6. The number of hydrogen-bond acceptors (Lipinski definition) is 2. The normalized spacial score (nSPS) is 20.6. The van der Waals surface area contributed by atoms with E-state index in [9.17, 15) is 0 Å². The van der Waals surface area contributed by atoms with Gasteiger partial charge in [0.05, 0.1) is 0 Å². The minimum absolute atomic E-state index is 0.192. The summed E-state index contributed by atoms with van der Waals surface area (Å²) in [6.45, 7) is 0.192. The highest BCUT2D eigenvalue weighted by Gasteiger charge is 2.44. The number of benzene rings is 5. The van der Waals surface area contributed by atoms with Crippen LogP contribution in [0, 0.1) is 0 Å². The van der Waals surface area contributed by atoms with E-state index in [4.69, 9.17) is 0 Å². The number of fused-ring (bicyclic) bond motifs is 4. The number of hydrogen-bond donors (Lipinski definition) is 0. The summed E-state index contributed by atoms with van der Waals surface area (Å²) in [4.78, 5) is 5.39. The topological polar surface area (TPSA) is 6.48 Å². The lowest BCUT2D eigenvalue weighted by Crippen LogP contribution is -2.61. The van der Waals surface area contributed by atoms with Gasteiger partial charge in [0.25, 0.3) is 6.71 Å². The highest BCUT2D eigenvalue weighted by atomic mass is 15.2. The smallest absolute Gasteiger partial charge is 0.252 e. The van der Waals surface area contributed by atoms with E-state index in [0.717, 1.165) is 0 Å². The Kier molecular flexibility index (Phi) is 9.76.